The first kappa shape index (κ1) is 29.8. The second-order valence-electron chi connectivity index (χ2n) is 10.5. The first-order valence-electron chi connectivity index (χ1n) is 14.2. The molecule has 3 aromatic carbocycles. The number of nitro benzene ring substituents is 1. The van der Waals surface area contributed by atoms with E-state index in [1.165, 1.54) is 28.6 Å². The maximum atomic E-state index is 13.2. The van der Waals surface area contributed by atoms with Crippen LogP contribution in [-0.4, -0.2) is 64.7 Å². The highest BCUT2D eigenvalue weighted by atomic mass is 35.5. The molecule has 0 bridgehead atoms. The van der Waals surface area contributed by atoms with Crippen molar-refractivity contribution in [3.8, 4) is 28.1 Å². The van der Waals surface area contributed by atoms with E-state index < -0.39 is 14.9 Å². The Kier molecular flexibility index (Phi) is 8.37. The van der Waals surface area contributed by atoms with Gasteiger partial charge in [-0.1, -0.05) is 35.9 Å². The van der Waals surface area contributed by atoms with Gasteiger partial charge in [-0.25, -0.2) is 13.4 Å². The number of aromatic nitrogens is 2. The van der Waals surface area contributed by atoms with Crippen molar-refractivity contribution in [2.24, 2.45) is 0 Å². The number of ether oxygens (including phenoxy) is 1. The number of rotatable bonds is 9. The third kappa shape index (κ3) is 6.04. The van der Waals surface area contributed by atoms with Crippen LogP contribution in [0.2, 0.25) is 5.02 Å². The minimum absolute atomic E-state index is 0.0139. The summed E-state index contributed by atoms with van der Waals surface area (Å²) in [5.74, 6) is 0.777. The number of hydrogen-bond donors (Lipinski definition) is 0. The molecule has 0 amide bonds. The average Bonchev–Trinajstić information content (AvgIpc) is 3.39. The zero-order chi connectivity index (χ0) is 30.8. The maximum absolute atomic E-state index is 13.2. The van der Waals surface area contributed by atoms with Crippen molar-refractivity contribution >= 4 is 33.0 Å². The van der Waals surface area contributed by atoms with Crippen LogP contribution in [0.4, 0.5) is 5.69 Å². The van der Waals surface area contributed by atoms with Crippen LogP contribution in [0, 0.1) is 10.1 Å². The summed E-state index contributed by atoms with van der Waals surface area (Å²) in [7, 11) is -3.65. The summed E-state index contributed by atoms with van der Waals surface area (Å²) in [4.78, 5) is 18.5. The standard InChI is InChI=1S/C32H30ClN5O5S/c1-2-43-28-8-4-5-23(20-28)25-9-14-31-34-32(24-6-3-7-27(19-24)38(39)40)30(37(31)21-25)22-35-15-17-36(18-16-35)44(41,42)29-12-10-26(33)11-13-29/h3-14,19-21H,2,15-18,22H2,1H3. The predicted octanol–water partition coefficient (Wildman–Crippen LogP) is 6.14. The van der Waals surface area contributed by atoms with E-state index in [-0.39, 0.29) is 10.6 Å². The lowest BCUT2D eigenvalue weighted by atomic mass is 10.1. The smallest absolute Gasteiger partial charge is 0.270 e. The van der Waals surface area contributed by atoms with Gasteiger partial charge >= 0.3 is 0 Å². The Morgan fingerprint density at radius 3 is 2.36 bits per heavy atom. The van der Waals surface area contributed by atoms with E-state index in [1.54, 1.807) is 18.2 Å². The molecule has 0 radical (unpaired) electrons. The molecule has 12 heteroatoms. The number of sulfonamides is 1. The third-order valence-corrected chi connectivity index (χ3v) is 9.85. The van der Waals surface area contributed by atoms with E-state index in [1.807, 2.05) is 60.0 Å². The molecule has 0 saturated carbocycles. The first-order chi connectivity index (χ1) is 21.2. The lowest BCUT2D eigenvalue weighted by Gasteiger charge is -2.34. The van der Waals surface area contributed by atoms with Crippen molar-refractivity contribution in [3.05, 3.63) is 112 Å². The molecular formula is C32H30ClN5O5S. The van der Waals surface area contributed by atoms with Gasteiger partial charge in [-0.3, -0.25) is 15.0 Å². The summed E-state index contributed by atoms with van der Waals surface area (Å²) in [6.45, 7) is 4.63. The van der Waals surface area contributed by atoms with Crippen LogP contribution >= 0.6 is 11.6 Å². The van der Waals surface area contributed by atoms with Gasteiger partial charge in [0.15, 0.2) is 0 Å². The molecule has 10 nitrogen and oxygen atoms in total. The van der Waals surface area contributed by atoms with Gasteiger partial charge < -0.3 is 9.14 Å². The summed E-state index contributed by atoms with van der Waals surface area (Å²) < 4.78 is 35.7. The Bertz CT molecular complexity index is 1940. The Morgan fingerprint density at radius 2 is 1.64 bits per heavy atom. The number of pyridine rings is 1. The van der Waals surface area contributed by atoms with Crippen LogP contribution in [0.15, 0.2) is 96.0 Å². The van der Waals surface area contributed by atoms with Crippen LogP contribution in [0.3, 0.4) is 0 Å². The van der Waals surface area contributed by atoms with Crippen LogP contribution in [0.25, 0.3) is 28.0 Å². The van der Waals surface area contributed by atoms with E-state index in [0.29, 0.717) is 61.3 Å². The van der Waals surface area contributed by atoms with Gasteiger partial charge in [-0.15, -0.1) is 0 Å². The van der Waals surface area contributed by atoms with Crippen LogP contribution < -0.4 is 4.74 Å². The number of piperazine rings is 1. The molecule has 1 aliphatic rings. The van der Waals surface area contributed by atoms with Crippen molar-refractivity contribution in [1.29, 1.82) is 0 Å². The molecule has 3 heterocycles. The van der Waals surface area contributed by atoms with Gasteiger partial charge in [0.2, 0.25) is 10.0 Å². The van der Waals surface area contributed by atoms with Crippen LogP contribution in [0.5, 0.6) is 5.75 Å². The molecule has 0 unspecified atom stereocenters. The molecule has 0 atom stereocenters. The van der Waals surface area contributed by atoms with Crippen molar-refractivity contribution < 1.29 is 18.1 Å². The highest BCUT2D eigenvalue weighted by molar-refractivity contribution is 7.89. The quantitative estimate of drug-likeness (QED) is 0.142. The Labute approximate surface area is 260 Å². The zero-order valence-electron chi connectivity index (χ0n) is 24.0. The summed E-state index contributed by atoms with van der Waals surface area (Å²) in [5, 5.41) is 12.0. The van der Waals surface area contributed by atoms with E-state index in [0.717, 1.165) is 22.6 Å². The monoisotopic (exact) mass is 631 g/mol. The lowest BCUT2D eigenvalue weighted by molar-refractivity contribution is -0.384. The molecule has 0 aliphatic carbocycles. The van der Waals surface area contributed by atoms with Crippen molar-refractivity contribution in [2.75, 3.05) is 32.8 Å². The maximum Gasteiger partial charge on any atom is 0.270 e. The highest BCUT2D eigenvalue weighted by Gasteiger charge is 2.29. The van der Waals surface area contributed by atoms with Crippen molar-refractivity contribution in [2.45, 2.75) is 18.4 Å². The van der Waals surface area contributed by atoms with E-state index >= 15 is 0 Å². The predicted molar refractivity (Wildman–Crippen MR) is 169 cm³/mol. The number of nitrogens with zero attached hydrogens (tertiary/aromatic N) is 5. The van der Waals surface area contributed by atoms with Crippen molar-refractivity contribution in [3.63, 3.8) is 0 Å². The van der Waals surface area contributed by atoms with E-state index in [2.05, 4.69) is 4.90 Å². The normalized spacial score (nSPS) is 14.6. The number of hydrogen-bond acceptors (Lipinski definition) is 7. The molecule has 0 N–H and O–H groups in total. The number of benzene rings is 3. The second-order valence-corrected chi connectivity index (χ2v) is 12.8. The molecular weight excluding hydrogens is 602 g/mol. The molecule has 2 aromatic heterocycles. The minimum atomic E-state index is -3.65. The van der Waals surface area contributed by atoms with Gasteiger partial charge in [0, 0.05) is 61.6 Å². The summed E-state index contributed by atoms with van der Waals surface area (Å²) in [6, 6.07) is 24.5. The molecule has 5 aromatic rings. The third-order valence-electron chi connectivity index (χ3n) is 7.68. The largest absolute Gasteiger partial charge is 0.494 e. The Balaban J connectivity index is 1.34. The van der Waals surface area contributed by atoms with Crippen LogP contribution in [-0.2, 0) is 16.6 Å². The Hall–Kier alpha value is -4.29. The zero-order valence-corrected chi connectivity index (χ0v) is 25.5. The highest BCUT2D eigenvalue weighted by Crippen LogP contribution is 2.31. The van der Waals surface area contributed by atoms with Gasteiger partial charge in [0.05, 0.1) is 27.8 Å². The summed E-state index contributed by atoms with van der Waals surface area (Å²) in [5.41, 5.74) is 4.77. The number of nitro groups is 1. The van der Waals surface area contributed by atoms with E-state index in [4.69, 9.17) is 21.3 Å². The molecule has 0 spiro atoms. The number of halogens is 1. The molecule has 1 aliphatic heterocycles. The van der Waals surface area contributed by atoms with Gasteiger partial charge in [0.25, 0.3) is 5.69 Å². The van der Waals surface area contributed by atoms with Gasteiger partial charge in [-0.05, 0) is 66.6 Å². The minimum Gasteiger partial charge on any atom is -0.494 e. The molecule has 44 heavy (non-hydrogen) atoms. The van der Waals surface area contributed by atoms with Gasteiger partial charge in [-0.2, -0.15) is 4.31 Å². The first-order valence-corrected chi connectivity index (χ1v) is 16.0. The van der Waals surface area contributed by atoms with Gasteiger partial charge in [0.1, 0.15) is 11.4 Å². The fraction of sp³-hybridized carbons (Fsp3) is 0.219. The molecule has 6 rings (SSSR count). The number of non-ortho nitro benzene ring substituents is 1. The second kappa shape index (κ2) is 12.4. The molecule has 1 saturated heterocycles. The summed E-state index contributed by atoms with van der Waals surface area (Å²) >= 11 is 5.96. The number of imidazole rings is 1. The fourth-order valence-corrected chi connectivity index (χ4v) is 6.99. The molecule has 226 valence electrons. The SMILES string of the molecule is CCOc1cccc(-c2ccc3nc(-c4cccc([N+](=O)[O-])c4)c(CN4CCN(S(=O)(=O)c5ccc(Cl)cc5)CC4)n3c2)c1. The van der Waals surface area contributed by atoms with Crippen molar-refractivity contribution in [1.82, 2.24) is 18.6 Å². The topological polar surface area (TPSA) is 110 Å². The number of fused-ring (bicyclic) bond motifs is 1. The lowest BCUT2D eigenvalue weighted by Crippen LogP contribution is -2.48. The van der Waals surface area contributed by atoms with Crippen LogP contribution in [0.1, 0.15) is 12.6 Å². The summed E-state index contributed by atoms with van der Waals surface area (Å²) in [6.07, 6.45) is 2.02. The van der Waals surface area contributed by atoms with E-state index in [9.17, 15) is 18.5 Å². The average molecular weight is 632 g/mol. The molecule has 1 fully saturated rings. The Morgan fingerprint density at radius 1 is 0.909 bits per heavy atom. The fourth-order valence-electron chi connectivity index (χ4n) is 5.44.